The Morgan fingerprint density at radius 2 is 2.10 bits per heavy atom. The first-order valence-electron chi connectivity index (χ1n) is 6.09. The number of nitrogens with zero attached hydrogens (tertiary/aromatic N) is 1. The molecule has 0 spiro atoms. The van der Waals surface area contributed by atoms with Gasteiger partial charge in [0.2, 0.25) is 0 Å². The number of nitrogens with two attached hydrogens (primary N) is 1. The molecule has 0 atom stereocenters. The molecule has 0 aliphatic heterocycles. The van der Waals surface area contributed by atoms with Crippen LogP contribution < -0.4 is 11.1 Å². The van der Waals surface area contributed by atoms with Crippen molar-refractivity contribution in [2.45, 2.75) is 6.92 Å². The SMILES string of the molecule is C=C(Nc1ccccc1N)C(C#N)=Cc1ccc(C)o1. The van der Waals surface area contributed by atoms with Gasteiger partial charge >= 0.3 is 0 Å². The molecule has 2 aromatic rings. The van der Waals surface area contributed by atoms with Crippen molar-refractivity contribution in [3.05, 3.63) is 65.8 Å². The smallest absolute Gasteiger partial charge is 0.128 e. The molecule has 0 saturated carbocycles. The number of aryl methyl sites for hydroxylation is 1. The average Bonchev–Trinajstić information content (AvgIpc) is 2.84. The number of hydrogen-bond donors (Lipinski definition) is 2. The second kappa shape index (κ2) is 5.81. The van der Waals surface area contributed by atoms with Gasteiger partial charge in [0.05, 0.1) is 16.9 Å². The summed E-state index contributed by atoms with van der Waals surface area (Å²) in [7, 11) is 0. The highest BCUT2D eigenvalue weighted by atomic mass is 16.3. The van der Waals surface area contributed by atoms with Crippen LogP contribution in [0.25, 0.3) is 6.08 Å². The Kier molecular flexibility index (Phi) is 3.92. The van der Waals surface area contributed by atoms with Crippen molar-refractivity contribution in [3.8, 4) is 6.07 Å². The van der Waals surface area contributed by atoms with Crippen molar-refractivity contribution in [1.29, 1.82) is 5.26 Å². The zero-order valence-electron chi connectivity index (χ0n) is 11.2. The van der Waals surface area contributed by atoms with Gasteiger partial charge in [0, 0.05) is 11.8 Å². The van der Waals surface area contributed by atoms with E-state index in [2.05, 4.69) is 18.0 Å². The Labute approximate surface area is 117 Å². The summed E-state index contributed by atoms with van der Waals surface area (Å²) in [4.78, 5) is 0. The summed E-state index contributed by atoms with van der Waals surface area (Å²) in [5, 5.41) is 12.3. The van der Waals surface area contributed by atoms with E-state index in [1.165, 1.54) is 0 Å². The maximum atomic E-state index is 9.22. The molecule has 0 fully saturated rings. The van der Waals surface area contributed by atoms with Gasteiger partial charge in [-0.15, -0.1) is 0 Å². The summed E-state index contributed by atoms with van der Waals surface area (Å²) in [6, 6.07) is 13.0. The standard InChI is InChI=1S/C16H15N3O/c1-11-7-8-14(20-11)9-13(10-17)12(2)19-16-6-4-3-5-15(16)18/h3-9,19H,2,18H2,1H3. The molecule has 100 valence electrons. The predicted octanol–water partition coefficient (Wildman–Crippen LogP) is 3.70. The number of benzene rings is 1. The highest BCUT2D eigenvalue weighted by molar-refractivity contribution is 5.72. The summed E-state index contributed by atoms with van der Waals surface area (Å²) in [5.74, 6) is 1.41. The fourth-order valence-corrected chi connectivity index (χ4v) is 1.70. The highest BCUT2D eigenvalue weighted by Gasteiger charge is 2.06. The maximum absolute atomic E-state index is 9.22. The Morgan fingerprint density at radius 3 is 2.70 bits per heavy atom. The molecule has 20 heavy (non-hydrogen) atoms. The van der Waals surface area contributed by atoms with Gasteiger partial charge in [-0.05, 0) is 31.2 Å². The number of allylic oxidation sites excluding steroid dienone is 1. The van der Waals surface area contributed by atoms with Gasteiger partial charge in [-0.25, -0.2) is 0 Å². The van der Waals surface area contributed by atoms with Crippen LogP contribution in [0.15, 0.2) is 58.7 Å². The monoisotopic (exact) mass is 265 g/mol. The molecule has 0 saturated heterocycles. The molecule has 1 heterocycles. The van der Waals surface area contributed by atoms with Gasteiger partial charge in [-0.1, -0.05) is 18.7 Å². The molecule has 0 aliphatic rings. The van der Waals surface area contributed by atoms with Crippen LogP contribution in [0.3, 0.4) is 0 Å². The average molecular weight is 265 g/mol. The van der Waals surface area contributed by atoms with E-state index in [9.17, 15) is 5.26 Å². The third-order valence-electron chi connectivity index (χ3n) is 2.74. The van der Waals surface area contributed by atoms with Gasteiger partial charge in [0.15, 0.2) is 0 Å². The highest BCUT2D eigenvalue weighted by Crippen LogP contribution is 2.22. The minimum absolute atomic E-state index is 0.391. The number of anilines is 2. The first kappa shape index (κ1) is 13.5. The third kappa shape index (κ3) is 3.09. The summed E-state index contributed by atoms with van der Waals surface area (Å²) >= 11 is 0. The van der Waals surface area contributed by atoms with Crippen LogP contribution in [-0.4, -0.2) is 0 Å². The van der Waals surface area contributed by atoms with Crippen LogP contribution in [0, 0.1) is 18.3 Å². The quantitative estimate of drug-likeness (QED) is 0.502. The van der Waals surface area contributed by atoms with E-state index < -0.39 is 0 Å². The molecule has 0 aliphatic carbocycles. The van der Waals surface area contributed by atoms with Crippen molar-refractivity contribution in [2.24, 2.45) is 0 Å². The lowest BCUT2D eigenvalue weighted by molar-refractivity contribution is 0.525. The van der Waals surface area contributed by atoms with Crippen LogP contribution in [0.1, 0.15) is 11.5 Å². The van der Waals surface area contributed by atoms with Gasteiger partial charge < -0.3 is 15.5 Å². The molecule has 0 bridgehead atoms. The number of rotatable bonds is 4. The van der Waals surface area contributed by atoms with Gasteiger partial charge in [0.25, 0.3) is 0 Å². The van der Waals surface area contributed by atoms with Crippen molar-refractivity contribution >= 4 is 17.5 Å². The molecular formula is C16H15N3O. The Balaban J connectivity index is 2.21. The number of nitriles is 1. The number of para-hydroxylation sites is 2. The minimum atomic E-state index is 0.391. The molecule has 3 N–H and O–H groups in total. The molecule has 2 rings (SSSR count). The Morgan fingerprint density at radius 1 is 1.35 bits per heavy atom. The van der Waals surface area contributed by atoms with Crippen LogP contribution in [0.4, 0.5) is 11.4 Å². The fraction of sp³-hybridized carbons (Fsp3) is 0.0625. The first-order valence-corrected chi connectivity index (χ1v) is 6.09. The third-order valence-corrected chi connectivity index (χ3v) is 2.74. The van der Waals surface area contributed by atoms with Crippen LogP contribution in [0.5, 0.6) is 0 Å². The van der Waals surface area contributed by atoms with Crippen LogP contribution >= 0.6 is 0 Å². The van der Waals surface area contributed by atoms with E-state index in [-0.39, 0.29) is 0 Å². The second-order valence-corrected chi connectivity index (χ2v) is 4.31. The molecule has 0 radical (unpaired) electrons. The van der Waals surface area contributed by atoms with Gasteiger partial charge in [-0.3, -0.25) is 0 Å². The van der Waals surface area contributed by atoms with Crippen molar-refractivity contribution in [3.63, 3.8) is 0 Å². The van der Waals surface area contributed by atoms with E-state index in [1.54, 1.807) is 18.2 Å². The van der Waals surface area contributed by atoms with E-state index in [4.69, 9.17) is 10.2 Å². The Bertz CT molecular complexity index is 705. The topological polar surface area (TPSA) is 75.0 Å². The molecular weight excluding hydrogens is 250 g/mol. The molecule has 1 aromatic carbocycles. The number of nitrogen functional groups attached to an aromatic ring is 1. The molecule has 1 aromatic heterocycles. The van der Waals surface area contributed by atoms with E-state index in [0.717, 1.165) is 5.76 Å². The fourth-order valence-electron chi connectivity index (χ4n) is 1.70. The maximum Gasteiger partial charge on any atom is 0.128 e. The van der Waals surface area contributed by atoms with Gasteiger partial charge in [-0.2, -0.15) is 5.26 Å². The first-order chi connectivity index (χ1) is 9.60. The summed E-state index contributed by atoms with van der Waals surface area (Å²) in [5.41, 5.74) is 8.02. The van der Waals surface area contributed by atoms with Crippen LogP contribution in [0.2, 0.25) is 0 Å². The number of furan rings is 1. The lowest BCUT2D eigenvalue weighted by Gasteiger charge is -2.10. The summed E-state index contributed by atoms with van der Waals surface area (Å²) in [6.45, 7) is 5.71. The zero-order chi connectivity index (χ0) is 14.5. The normalized spacial score (nSPS) is 10.9. The van der Waals surface area contributed by atoms with Crippen LogP contribution in [-0.2, 0) is 0 Å². The molecule has 4 nitrogen and oxygen atoms in total. The second-order valence-electron chi connectivity index (χ2n) is 4.31. The lowest BCUT2D eigenvalue weighted by atomic mass is 10.1. The zero-order valence-corrected chi connectivity index (χ0v) is 11.2. The molecule has 4 heteroatoms. The van der Waals surface area contributed by atoms with Crippen molar-refractivity contribution < 1.29 is 4.42 Å². The Hall–Kier alpha value is -2.93. The lowest BCUT2D eigenvalue weighted by Crippen LogP contribution is -2.02. The van der Waals surface area contributed by atoms with E-state index in [1.807, 2.05) is 31.2 Å². The van der Waals surface area contributed by atoms with Crippen molar-refractivity contribution in [1.82, 2.24) is 0 Å². The molecule has 0 amide bonds. The largest absolute Gasteiger partial charge is 0.462 e. The van der Waals surface area contributed by atoms with E-state index >= 15 is 0 Å². The molecule has 0 unspecified atom stereocenters. The van der Waals surface area contributed by atoms with Gasteiger partial charge in [0.1, 0.15) is 17.6 Å². The predicted molar refractivity (Wildman–Crippen MR) is 80.7 cm³/mol. The number of nitrogens with one attached hydrogen (secondary N) is 1. The summed E-state index contributed by atoms with van der Waals surface area (Å²) in [6.07, 6.45) is 1.64. The van der Waals surface area contributed by atoms with Crippen molar-refractivity contribution in [2.75, 3.05) is 11.1 Å². The minimum Gasteiger partial charge on any atom is -0.462 e. The summed E-state index contributed by atoms with van der Waals surface area (Å²) < 4.78 is 5.42. The number of hydrogen-bond acceptors (Lipinski definition) is 4. The van der Waals surface area contributed by atoms with E-state index in [0.29, 0.717) is 28.4 Å².